The van der Waals surface area contributed by atoms with Gasteiger partial charge >= 0.3 is 0 Å². The van der Waals surface area contributed by atoms with Crippen molar-refractivity contribution in [2.24, 2.45) is 0 Å². The van der Waals surface area contributed by atoms with Gasteiger partial charge in [0.25, 0.3) is 0 Å². The maximum atomic E-state index is 5.91. The first kappa shape index (κ1) is 15.2. The van der Waals surface area contributed by atoms with Crippen molar-refractivity contribution in [3.63, 3.8) is 0 Å². The molecule has 0 aliphatic carbocycles. The van der Waals surface area contributed by atoms with Crippen molar-refractivity contribution in [1.82, 2.24) is 15.0 Å². The summed E-state index contributed by atoms with van der Waals surface area (Å²) in [6.45, 7) is 8.92. The zero-order valence-corrected chi connectivity index (χ0v) is 13.1. The molecule has 0 saturated carbocycles. The fourth-order valence-corrected chi connectivity index (χ4v) is 1.81. The summed E-state index contributed by atoms with van der Waals surface area (Å²) in [4.78, 5) is 13.1. The number of nitrogens with two attached hydrogens (primary N) is 1. The van der Waals surface area contributed by atoms with Gasteiger partial charge in [-0.25, -0.2) is 9.97 Å². The Balaban J connectivity index is 2.40. The Morgan fingerprint density at radius 2 is 1.90 bits per heavy atom. The molecule has 0 saturated heterocycles. The van der Waals surface area contributed by atoms with Crippen molar-refractivity contribution in [2.75, 3.05) is 12.3 Å². The van der Waals surface area contributed by atoms with Crippen LogP contribution in [0.5, 0.6) is 5.75 Å². The number of hydrogen-bond acceptors (Lipinski definition) is 5. The van der Waals surface area contributed by atoms with Crippen LogP contribution in [0.3, 0.4) is 0 Å². The second-order valence-corrected chi connectivity index (χ2v) is 6.01. The summed E-state index contributed by atoms with van der Waals surface area (Å²) >= 11 is 0. The van der Waals surface area contributed by atoms with E-state index in [-0.39, 0.29) is 5.41 Å². The number of pyridine rings is 1. The minimum Gasteiger partial charge on any atom is -0.492 e. The molecular weight excluding hydrogens is 264 g/mol. The molecule has 0 aliphatic heterocycles. The first-order valence-corrected chi connectivity index (χ1v) is 7.13. The highest BCUT2D eigenvalue weighted by molar-refractivity contribution is 5.62. The van der Waals surface area contributed by atoms with Gasteiger partial charge in [0.2, 0.25) is 0 Å². The number of rotatable bonds is 4. The van der Waals surface area contributed by atoms with Crippen molar-refractivity contribution in [2.45, 2.75) is 39.5 Å². The lowest BCUT2D eigenvalue weighted by atomic mass is 9.95. The van der Waals surface area contributed by atoms with Crippen LogP contribution in [0.1, 0.15) is 39.9 Å². The number of ether oxygens (including phenoxy) is 1. The van der Waals surface area contributed by atoms with E-state index in [1.807, 2.05) is 6.07 Å². The van der Waals surface area contributed by atoms with E-state index < -0.39 is 0 Å². The van der Waals surface area contributed by atoms with Gasteiger partial charge in [0.05, 0.1) is 18.5 Å². The van der Waals surface area contributed by atoms with E-state index >= 15 is 0 Å². The van der Waals surface area contributed by atoms with Crippen LogP contribution in [0.2, 0.25) is 0 Å². The van der Waals surface area contributed by atoms with Crippen molar-refractivity contribution in [1.29, 1.82) is 0 Å². The fraction of sp³-hybridized carbons (Fsp3) is 0.438. The third-order valence-corrected chi connectivity index (χ3v) is 2.90. The third-order valence-electron chi connectivity index (χ3n) is 2.90. The molecule has 2 rings (SSSR count). The van der Waals surface area contributed by atoms with Gasteiger partial charge in [-0.15, -0.1) is 0 Å². The SMILES string of the molecule is CCCOc1cncc(-c2cc(N)nc(C(C)(C)C)n2)c1. The minimum absolute atomic E-state index is 0.159. The normalized spacial score (nSPS) is 11.4. The van der Waals surface area contributed by atoms with Crippen molar-refractivity contribution < 1.29 is 4.74 Å². The average molecular weight is 286 g/mol. The van der Waals surface area contributed by atoms with Gasteiger partial charge in [0.1, 0.15) is 17.4 Å². The van der Waals surface area contributed by atoms with Gasteiger partial charge in [0, 0.05) is 23.2 Å². The standard InChI is InChI=1S/C16H22N4O/c1-5-6-21-12-7-11(9-18-10-12)13-8-14(17)20-15(19-13)16(2,3)4/h7-10H,5-6H2,1-4H3,(H2,17,19,20). The molecule has 5 heteroatoms. The maximum Gasteiger partial charge on any atom is 0.138 e. The number of aromatic nitrogens is 3. The lowest BCUT2D eigenvalue weighted by Gasteiger charge is -2.17. The zero-order valence-electron chi connectivity index (χ0n) is 13.1. The molecule has 0 amide bonds. The Labute approximate surface area is 125 Å². The average Bonchev–Trinajstić information content (AvgIpc) is 2.44. The minimum atomic E-state index is -0.159. The highest BCUT2D eigenvalue weighted by Gasteiger charge is 2.19. The van der Waals surface area contributed by atoms with Crippen LogP contribution in [0.4, 0.5) is 5.82 Å². The summed E-state index contributed by atoms with van der Waals surface area (Å²) in [7, 11) is 0. The molecule has 5 nitrogen and oxygen atoms in total. The van der Waals surface area contributed by atoms with Gasteiger partial charge < -0.3 is 10.5 Å². The number of nitrogens with zero attached hydrogens (tertiary/aromatic N) is 3. The topological polar surface area (TPSA) is 73.9 Å². The van der Waals surface area contributed by atoms with Crippen LogP contribution in [0, 0.1) is 0 Å². The van der Waals surface area contributed by atoms with E-state index in [1.165, 1.54) is 0 Å². The van der Waals surface area contributed by atoms with Gasteiger partial charge in [-0.2, -0.15) is 0 Å². The second-order valence-electron chi connectivity index (χ2n) is 6.01. The summed E-state index contributed by atoms with van der Waals surface area (Å²) in [5, 5.41) is 0. The van der Waals surface area contributed by atoms with Crippen LogP contribution in [0.25, 0.3) is 11.3 Å². The zero-order chi connectivity index (χ0) is 15.5. The van der Waals surface area contributed by atoms with Crippen LogP contribution >= 0.6 is 0 Å². The van der Waals surface area contributed by atoms with Gasteiger partial charge in [-0.1, -0.05) is 27.7 Å². The van der Waals surface area contributed by atoms with Gasteiger partial charge in [0.15, 0.2) is 0 Å². The van der Waals surface area contributed by atoms with Crippen LogP contribution in [-0.4, -0.2) is 21.6 Å². The first-order chi connectivity index (χ1) is 9.90. The second kappa shape index (κ2) is 6.08. The number of nitrogen functional groups attached to an aromatic ring is 1. The molecule has 0 aliphatic rings. The first-order valence-electron chi connectivity index (χ1n) is 7.13. The molecule has 0 atom stereocenters. The Morgan fingerprint density at radius 3 is 2.57 bits per heavy atom. The quantitative estimate of drug-likeness (QED) is 0.934. The Bertz CT molecular complexity index is 620. The summed E-state index contributed by atoms with van der Waals surface area (Å²) in [5.74, 6) is 1.92. The third kappa shape index (κ3) is 3.90. The van der Waals surface area contributed by atoms with Crippen LogP contribution < -0.4 is 10.5 Å². The highest BCUT2D eigenvalue weighted by atomic mass is 16.5. The van der Waals surface area contributed by atoms with Crippen molar-refractivity contribution in [3.8, 4) is 17.0 Å². The molecule has 112 valence electrons. The molecule has 2 N–H and O–H groups in total. The molecule has 0 aromatic carbocycles. The van der Waals surface area contributed by atoms with E-state index in [2.05, 4.69) is 42.6 Å². The van der Waals surface area contributed by atoms with Crippen molar-refractivity contribution >= 4 is 5.82 Å². The molecule has 2 aromatic heterocycles. The molecular formula is C16H22N4O. The van der Waals surface area contributed by atoms with Gasteiger partial charge in [-0.05, 0) is 12.5 Å². The Morgan fingerprint density at radius 1 is 1.14 bits per heavy atom. The lowest BCUT2D eigenvalue weighted by molar-refractivity contribution is 0.316. The lowest BCUT2D eigenvalue weighted by Crippen LogP contribution is -2.17. The van der Waals surface area contributed by atoms with Crippen LogP contribution in [0.15, 0.2) is 24.5 Å². The fourth-order valence-electron chi connectivity index (χ4n) is 1.81. The summed E-state index contributed by atoms with van der Waals surface area (Å²) in [5.41, 5.74) is 7.39. The smallest absolute Gasteiger partial charge is 0.138 e. The van der Waals surface area contributed by atoms with E-state index in [1.54, 1.807) is 18.5 Å². The molecule has 0 unspecified atom stereocenters. The largest absolute Gasteiger partial charge is 0.492 e. The molecule has 0 fully saturated rings. The van der Waals surface area contributed by atoms with Crippen molar-refractivity contribution in [3.05, 3.63) is 30.4 Å². The predicted octanol–water partition coefficient (Wildman–Crippen LogP) is 3.21. The van der Waals surface area contributed by atoms with E-state index in [4.69, 9.17) is 10.5 Å². The van der Waals surface area contributed by atoms with Gasteiger partial charge in [-0.3, -0.25) is 4.98 Å². The Hall–Kier alpha value is -2.17. The summed E-state index contributed by atoms with van der Waals surface area (Å²) in [6.07, 6.45) is 4.42. The number of hydrogen-bond donors (Lipinski definition) is 1. The summed E-state index contributed by atoms with van der Waals surface area (Å²) in [6, 6.07) is 3.69. The number of anilines is 1. The molecule has 0 spiro atoms. The molecule has 0 radical (unpaired) electrons. The Kier molecular flexibility index (Phi) is 4.40. The van der Waals surface area contributed by atoms with E-state index in [0.29, 0.717) is 12.4 Å². The van der Waals surface area contributed by atoms with E-state index in [9.17, 15) is 0 Å². The van der Waals surface area contributed by atoms with Crippen LogP contribution in [-0.2, 0) is 5.41 Å². The molecule has 0 bridgehead atoms. The highest BCUT2D eigenvalue weighted by Crippen LogP contribution is 2.26. The monoisotopic (exact) mass is 286 g/mol. The molecule has 21 heavy (non-hydrogen) atoms. The predicted molar refractivity (Wildman–Crippen MR) is 84.2 cm³/mol. The van der Waals surface area contributed by atoms with E-state index in [0.717, 1.165) is 29.3 Å². The molecule has 2 aromatic rings. The summed E-state index contributed by atoms with van der Waals surface area (Å²) < 4.78 is 5.61. The maximum absolute atomic E-state index is 5.91. The molecule has 2 heterocycles.